The van der Waals surface area contributed by atoms with Crippen LogP contribution in [0.4, 0.5) is 0 Å². The van der Waals surface area contributed by atoms with Crippen LogP contribution in [0.3, 0.4) is 0 Å². The van der Waals surface area contributed by atoms with Gasteiger partial charge in [-0.15, -0.1) is 0 Å². The minimum Gasteiger partial charge on any atom is -0.0654 e. The highest BCUT2D eigenvalue weighted by Gasteiger charge is 2.49. The molecule has 0 spiro atoms. The van der Waals surface area contributed by atoms with Gasteiger partial charge >= 0.3 is 0 Å². The van der Waals surface area contributed by atoms with Crippen LogP contribution in [-0.4, -0.2) is 0 Å². The predicted molar refractivity (Wildman–Crippen MR) is 121 cm³/mol. The van der Waals surface area contributed by atoms with Crippen LogP contribution in [-0.2, 0) is 5.41 Å². The Bertz CT molecular complexity index is 699. The average Bonchev–Trinajstić information content (AvgIpc) is 2.84. The van der Waals surface area contributed by atoms with Crippen molar-refractivity contribution in [3.63, 3.8) is 0 Å². The maximum Gasteiger partial charge on any atom is 0.0267 e. The molecule has 3 rings (SSSR count). The third-order valence-corrected chi connectivity index (χ3v) is 7.31. The Morgan fingerprint density at radius 3 is 1.96 bits per heavy atom. The molecular formula is C23H28BrI. The van der Waals surface area contributed by atoms with Crippen LogP contribution in [0.2, 0.25) is 0 Å². The summed E-state index contributed by atoms with van der Waals surface area (Å²) >= 11 is 6.23. The van der Waals surface area contributed by atoms with Crippen LogP contribution in [0, 0.1) is 15.4 Å². The van der Waals surface area contributed by atoms with Crippen LogP contribution in [0.15, 0.2) is 40.9 Å². The molecule has 0 nitrogen and oxygen atoms in total. The van der Waals surface area contributed by atoms with Crippen LogP contribution in [0.25, 0.3) is 11.1 Å². The summed E-state index contributed by atoms with van der Waals surface area (Å²) in [5.74, 6) is 1.26. The van der Waals surface area contributed by atoms with Gasteiger partial charge in [0.15, 0.2) is 0 Å². The van der Waals surface area contributed by atoms with Crippen molar-refractivity contribution in [3.05, 3.63) is 55.6 Å². The first-order valence-corrected chi connectivity index (χ1v) is 11.4. The SMILES string of the molecule is CCCC(C)C1(C(C)CCC)c2cc(Br)ccc2-c2ccc(I)cc21. The molecule has 2 atom stereocenters. The molecule has 2 aromatic rings. The van der Waals surface area contributed by atoms with Crippen molar-refractivity contribution in [2.75, 3.05) is 0 Å². The van der Waals surface area contributed by atoms with E-state index in [9.17, 15) is 0 Å². The van der Waals surface area contributed by atoms with Gasteiger partial charge in [0.1, 0.15) is 0 Å². The molecule has 0 N–H and O–H groups in total. The minimum absolute atomic E-state index is 0.127. The van der Waals surface area contributed by atoms with Gasteiger partial charge in [-0.2, -0.15) is 0 Å². The highest BCUT2D eigenvalue weighted by molar-refractivity contribution is 14.1. The molecular weight excluding hydrogens is 483 g/mol. The van der Waals surface area contributed by atoms with Crippen molar-refractivity contribution in [1.82, 2.24) is 0 Å². The Morgan fingerprint density at radius 2 is 1.40 bits per heavy atom. The second kappa shape index (κ2) is 7.72. The minimum atomic E-state index is 0.127. The monoisotopic (exact) mass is 510 g/mol. The van der Waals surface area contributed by atoms with Gasteiger partial charge in [0.05, 0.1) is 0 Å². The Hall–Kier alpha value is -0.350. The van der Waals surface area contributed by atoms with Gasteiger partial charge in [-0.3, -0.25) is 0 Å². The summed E-state index contributed by atoms with van der Waals surface area (Å²) < 4.78 is 2.55. The highest BCUT2D eigenvalue weighted by Crippen LogP contribution is 2.58. The van der Waals surface area contributed by atoms with E-state index in [1.165, 1.54) is 44.9 Å². The lowest BCUT2D eigenvalue weighted by atomic mass is 9.60. The molecule has 0 bridgehead atoms. The fourth-order valence-corrected chi connectivity index (χ4v) is 6.05. The van der Waals surface area contributed by atoms with Crippen LogP contribution in [0.1, 0.15) is 64.5 Å². The van der Waals surface area contributed by atoms with Gasteiger partial charge in [-0.25, -0.2) is 0 Å². The van der Waals surface area contributed by atoms with Crippen LogP contribution >= 0.6 is 38.5 Å². The number of benzene rings is 2. The van der Waals surface area contributed by atoms with E-state index in [1.807, 2.05) is 0 Å². The second-order valence-corrected chi connectivity index (χ2v) is 9.79. The van der Waals surface area contributed by atoms with E-state index >= 15 is 0 Å². The molecule has 0 heterocycles. The zero-order valence-electron chi connectivity index (χ0n) is 15.7. The average molecular weight is 511 g/mol. The smallest absolute Gasteiger partial charge is 0.0267 e. The molecule has 0 saturated carbocycles. The number of fused-ring (bicyclic) bond motifs is 3. The maximum absolute atomic E-state index is 3.75. The standard InChI is InChI=1S/C23H28BrI/c1-5-7-15(3)23(16(4)8-6-2)21-13-17(24)9-11-19(21)20-12-10-18(25)14-22(20)23/h9-16H,5-8H2,1-4H3. The summed E-state index contributed by atoms with van der Waals surface area (Å²) in [6, 6.07) is 14.0. The fraction of sp³-hybridized carbons (Fsp3) is 0.478. The van der Waals surface area contributed by atoms with Crippen molar-refractivity contribution in [3.8, 4) is 11.1 Å². The summed E-state index contributed by atoms with van der Waals surface area (Å²) in [5, 5.41) is 0. The van der Waals surface area contributed by atoms with E-state index in [1.54, 1.807) is 11.1 Å². The van der Waals surface area contributed by atoms with Crippen LogP contribution in [0.5, 0.6) is 0 Å². The first-order chi connectivity index (χ1) is 12.0. The largest absolute Gasteiger partial charge is 0.0654 e. The molecule has 1 aliphatic carbocycles. The Morgan fingerprint density at radius 1 is 0.880 bits per heavy atom. The molecule has 0 radical (unpaired) electrons. The van der Waals surface area contributed by atoms with E-state index in [-0.39, 0.29) is 5.41 Å². The summed E-state index contributed by atoms with van der Waals surface area (Å²) in [7, 11) is 0. The fourth-order valence-electron chi connectivity index (χ4n) is 5.20. The predicted octanol–water partition coefficient (Wildman–Crippen LogP) is 8.19. The first kappa shape index (κ1) is 19.4. The Labute approximate surface area is 175 Å². The summed E-state index contributed by atoms with van der Waals surface area (Å²) in [6.07, 6.45) is 5.02. The van der Waals surface area contributed by atoms with E-state index in [4.69, 9.17) is 0 Å². The topological polar surface area (TPSA) is 0 Å². The molecule has 0 amide bonds. The third kappa shape index (κ3) is 3.12. The molecule has 134 valence electrons. The normalized spacial score (nSPS) is 20.9. The van der Waals surface area contributed by atoms with Crippen molar-refractivity contribution >= 4 is 38.5 Å². The zero-order chi connectivity index (χ0) is 18.2. The van der Waals surface area contributed by atoms with E-state index in [0.29, 0.717) is 11.8 Å². The summed E-state index contributed by atoms with van der Waals surface area (Å²) in [4.78, 5) is 0. The number of hydrogen-bond donors (Lipinski definition) is 0. The Kier molecular flexibility index (Phi) is 5.99. The molecule has 0 aliphatic heterocycles. The molecule has 2 unspecified atom stereocenters. The number of rotatable bonds is 6. The molecule has 0 aromatic heterocycles. The molecule has 2 aromatic carbocycles. The summed E-state index contributed by atoms with van der Waals surface area (Å²) in [6.45, 7) is 9.60. The van der Waals surface area contributed by atoms with Crippen molar-refractivity contribution in [2.45, 2.75) is 58.8 Å². The third-order valence-electron chi connectivity index (χ3n) is 6.14. The lowest BCUT2D eigenvalue weighted by Crippen LogP contribution is -2.40. The summed E-state index contributed by atoms with van der Waals surface area (Å²) in [5.41, 5.74) is 6.13. The quantitative estimate of drug-likeness (QED) is 0.343. The molecule has 0 fully saturated rings. The van der Waals surface area contributed by atoms with Crippen molar-refractivity contribution in [2.24, 2.45) is 11.8 Å². The molecule has 2 heteroatoms. The van der Waals surface area contributed by atoms with E-state index in [2.05, 4.69) is 103 Å². The van der Waals surface area contributed by atoms with Gasteiger partial charge in [0.25, 0.3) is 0 Å². The Balaban J connectivity index is 2.35. The lowest BCUT2D eigenvalue weighted by Gasteiger charge is -2.43. The van der Waals surface area contributed by atoms with E-state index in [0.717, 1.165) is 0 Å². The van der Waals surface area contributed by atoms with Gasteiger partial charge in [0, 0.05) is 13.5 Å². The number of halogens is 2. The highest BCUT2D eigenvalue weighted by atomic mass is 127. The van der Waals surface area contributed by atoms with Gasteiger partial charge in [0.2, 0.25) is 0 Å². The maximum atomic E-state index is 3.75. The second-order valence-electron chi connectivity index (χ2n) is 7.63. The van der Waals surface area contributed by atoms with Crippen molar-refractivity contribution in [1.29, 1.82) is 0 Å². The lowest BCUT2D eigenvalue weighted by molar-refractivity contribution is 0.222. The molecule has 0 saturated heterocycles. The zero-order valence-corrected chi connectivity index (χ0v) is 19.4. The van der Waals surface area contributed by atoms with Gasteiger partial charge in [-0.05, 0) is 93.8 Å². The van der Waals surface area contributed by atoms with Crippen LogP contribution < -0.4 is 0 Å². The van der Waals surface area contributed by atoms with Gasteiger partial charge < -0.3 is 0 Å². The van der Waals surface area contributed by atoms with E-state index < -0.39 is 0 Å². The molecule has 25 heavy (non-hydrogen) atoms. The van der Waals surface area contributed by atoms with Gasteiger partial charge in [-0.1, -0.05) is 68.6 Å². The van der Waals surface area contributed by atoms with Crippen molar-refractivity contribution < 1.29 is 0 Å². The first-order valence-electron chi connectivity index (χ1n) is 9.57. The molecule has 1 aliphatic rings. The number of hydrogen-bond acceptors (Lipinski definition) is 0.